The molecule has 2 aromatic carbocycles. The number of methoxy groups -OCH3 is 1. The summed E-state index contributed by atoms with van der Waals surface area (Å²) in [5, 5.41) is 14.4. The molecule has 0 unspecified atom stereocenters. The summed E-state index contributed by atoms with van der Waals surface area (Å²) in [5.74, 6) is 0.803. The van der Waals surface area contributed by atoms with Crippen LogP contribution in [0.1, 0.15) is 24.0 Å². The van der Waals surface area contributed by atoms with Crippen molar-refractivity contribution < 1.29 is 4.74 Å². The van der Waals surface area contributed by atoms with Crippen molar-refractivity contribution in [2.24, 2.45) is 0 Å². The Kier molecular flexibility index (Phi) is 5.14. The van der Waals surface area contributed by atoms with Gasteiger partial charge in [0.1, 0.15) is 11.4 Å². The van der Waals surface area contributed by atoms with E-state index in [4.69, 9.17) is 4.74 Å². The van der Waals surface area contributed by atoms with Crippen molar-refractivity contribution >= 4 is 0 Å². The highest BCUT2D eigenvalue weighted by Crippen LogP contribution is 2.35. The first-order valence-electron chi connectivity index (χ1n) is 9.60. The van der Waals surface area contributed by atoms with Gasteiger partial charge in [0.15, 0.2) is 0 Å². The summed E-state index contributed by atoms with van der Waals surface area (Å²) in [6.45, 7) is 2.65. The van der Waals surface area contributed by atoms with Gasteiger partial charge in [-0.3, -0.25) is 4.90 Å². The van der Waals surface area contributed by atoms with Gasteiger partial charge in [-0.15, -0.1) is 0 Å². The fraction of sp³-hybridized carbons (Fsp3) is 0.304. The van der Waals surface area contributed by atoms with Crippen molar-refractivity contribution in [2.45, 2.75) is 24.8 Å². The van der Waals surface area contributed by atoms with E-state index < -0.39 is 0 Å². The lowest BCUT2D eigenvalue weighted by Crippen LogP contribution is -2.41. The molecule has 1 saturated heterocycles. The standard InChI is InChI=1S/C23H24N4O/c1-28-22-10-6-5-9-21(22)27-17-19(15-25-27)16-26-13-11-23(18-24,12-14-26)20-7-3-2-4-8-20/h2-10,15,17H,11-14,16H2,1H3. The molecule has 0 spiro atoms. The molecule has 3 aromatic rings. The Morgan fingerprint density at radius 1 is 1.07 bits per heavy atom. The number of rotatable bonds is 5. The van der Waals surface area contributed by atoms with Crippen LogP contribution in [0, 0.1) is 11.3 Å². The van der Waals surface area contributed by atoms with E-state index in [9.17, 15) is 5.26 Å². The minimum absolute atomic E-state index is 0.362. The number of benzene rings is 2. The SMILES string of the molecule is COc1ccccc1-n1cc(CN2CCC(C#N)(c3ccccc3)CC2)cn1. The second-order valence-corrected chi connectivity index (χ2v) is 7.30. The molecule has 28 heavy (non-hydrogen) atoms. The Morgan fingerprint density at radius 3 is 2.50 bits per heavy atom. The Hall–Kier alpha value is -3.10. The Bertz CT molecular complexity index is 966. The molecular weight excluding hydrogens is 348 g/mol. The normalized spacial score (nSPS) is 16.4. The Labute approximate surface area is 165 Å². The van der Waals surface area contributed by atoms with Crippen LogP contribution in [0.2, 0.25) is 0 Å². The Balaban J connectivity index is 1.43. The van der Waals surface area contributed by atoms with Gasteiger partial charge in [0, 0.05) is 31.4 Å². The molecule has 0 atom stereocenters. The number of hydrogen-bond donors (Lipinski definition) is 0. The van der Waals surface area contributed by atoms with Crippen LogP contribution in [0.4, 0.5) is 0 Å². The van der Waals surface area contributed by atoms with E-state index in [0.29, 0.717) is 0 Å². The topological polar surface area (TPSA) is 54.1 Å². The average Bonchev–Trinajstić information content (AvgIpc) is 3.23. The minimum Gasteiger partial charge on any atom is -0.494 e. The molecule has 0 saturated carbocycles. The summed E-state index contributed by atoms with van der Waals surface area (Å²) < 4.78 is 7.30. The molecule has 5 nitrogen and oxygen atoms in total. The van der Waals surface area contributed by atoms with Gasteiger partial charge in [-0.2, -0.15) is 10.4 Å². The lowest BCUT2D eigenvalue weighted by Gasteiger charge is -2.37. The van der Waals surface area contributed by atoms with Crippen LogP contribution in [0.25, 0.3) is 5.69 Å². The first-order chi connectivity index (χ1) is 13.7. The summed E-state index contributed by atoms with van der Waals surface area (Å²) >= 11 is 0. The summed E-state index contributed by atoms with van der Waals surface area (Å²) in [6.07, 6.45) is 5.68. The number of aromatic nitrogens is 2. The predicted octanol–water partition coefficient (Wildman–Crippen LogP) is 3.94. The van der Waals surface area contributed by atoms with Crippen LogP contribution in [0.15, 0.2) is 67.0 Å². The van der Waals surface area contributed by atoms with Gasteiger partial charge in [-0.1, -0.05) is 42.5 Å². The lowest BCUT2D eigenvalue weighted by atomic mass is 9.74. The molecule has 5 heteroatoms. The zero-order valence-corrected chi connectivity index (χ0v) is 16.1. The van der Waals surface area contributed by atoms with E-state index in [1.165, 1.54) is 0 Å². The van der Waals surface area contributed by atoms with Crippen molar-refractivity contribution in [2.75, 3.05) is 20.2 Å². The number of nitriles is 1. The van der Waals surface area contributed by atoms with Crippen molar-refractivity contribution in [1.29, 1.82) is 5.26 Å². The molecule has 0 radical (unpaired) electrons. The second-order valence-electron chi connectivity index (χ2n) is 7.30. The van der Waals surface area contributed by atoms with Crippen molar-refractivity contribution in [3.8, 4) is 17.5 Å². The molecular formula is C23H24N4O. The van der Waals surface area contributed by atoms with Gasteiger partial charge in [0.05, 0.1) is 24.8 Å². The third kappa shape index (κ3) is 3.51. The quantitative estimate of drug-likeness (QED) is 0.681. The van der Waals surface area contributed by atoms with Gasteiger partial charge in [-0.25, -0.2) is 4.68 Å². The van der Waals surface area contributed by atoms with E-state index in [1.807, 2.05) is 53.3 Å². The van der Waals surface area contributed by atoms with Crippen LogP contribution >= 0.6 is 0 Å². The summed E-state index contributed by atoms with van der Waals surface area (Å²) in [7, 11) is 1.67. The van der Waals surface area contributed by atoms with Crippen LogP contribution in [-0.2, 0) is 12.0 Å². The highest BCUT2D eigenvalue weighted by atomic mass is 16.5. The molecule has 1 fully saturated rings. The first-order valence-corrected chi connectivity index (χ1v) is 9.60. The van der Waals surface area contributed by atoms with Gasteiger partial charge in [0.25, 0.3) is 0 Å². The predicted molar refractivity (Wildman–Crippen MR) is 108 cm³/mol. The highest BCUT2D eigenvalue weighted by molar-refractivity contribution is 5.46. The van der Waals surface area contributed by atoms with Gasteiger partial charge >= 0.3 is 0 Å². The highest BCUT2D eigenvalue weighted by Gasteiger charge is 2.36. The third-order valence-corrected chi connectivity index (χ3v) is 5.62. The molecule has 1 aliphatic heterocycles. The maximum atomic E-state index is 9.86. The van der Waals surface area contributed by atoms with Crippen molar-refractivity contribution in [1.82, 2.24) is 14.7 Å². The van der Waals surface area contributed by atoms with Gasteiger partial charge in [-0.05, 0) is 30.5 Å². The van der Waals surface area contributed by atoms with E-state index in [1.54, 1.807) is 7.11 Å². The van der Waals surface area contributed by atoms with Crippen LogP contribution in [0.3, 0.4) is 0 Å². The molecule has 142 valence electrons. The van der Waals surface area contributed by atoms with Gasteiger partial charge in [0.2, 0.25) is 0 Å². The number of piperidine rings is 1. The zero-order valence-electron chi connectivity index (χ0n) is 16.1. The smallest absolute Gasteiger partial charge is 0.144 e. The summed E-state index contributed by atoms with van der Waals surface area (Å²) in [4.78, 5) is 2.40. The molecule has 1 aromatic heterocycles. The molecule has 2 heterocycles. The van der Waals surface area contributed by atoms with E-state index in [2.05, 4.69) is 34.4 Å². The van der Waals surface area contributed by atoms with E-state index >= 15 is 0 Å². The summed E-state index contributed by atoms with van der Waals surface area (Å²) in [5.41, 5.74) is 2.87. The van der Waals surface area contributed by atoms with Crippen LogP contribution in [-0.4, -0.2) is 34.9 Å². The minimum atomic E-state index is -0.362. The molecule has 4 rings (SSSR count). The van der Waals surface area contributed by atoms with E-state index in [-0.39, 0.29) is 5.41 Å². The zero-order chi connectivity index (χ0) is 19.4. The van der Waals surface area contributed by atoms with Crippen LogP contribution in [0.5, 0.6) is 5.75 Å². The molecule has 0 N–H and O–H groups in total. The average molecular weight is 372 g/mol. The number of ether oxygens (including phenoxy) is 1. The second kappa shape index (κ2) is 7.87. The summed E-state index contributed by atoms with van der Waals surface area (Å²) in [6, 6.07) is 20.7. The first kappa shape index (κ1) is 18.3. The lowest BCUT2D eigenvalue weighted by molar-refractivity contribution is 0.179. The monoisotopic (exact) mass is 372 g/mol. The molecule has 1 aliphatic rings. The van der Waals surface area contributed by atoms with Crippen LogP contribution < -0.4 is 4.74 Å². The van der Waals surface area contributed by atoms with Crippen molar-refractivity contribution in [3.63, 3.8) is 0 Å². The molecule has 0 bridgehead atoms. The number of para-hydroxylation sites is 2. The fourth-order valence-corrected chi connectivity index (χ4v) is 3.97. The molecule has 0 aliphatic carbocycles. The maximum Gasteiger partial charge on any atom is 0.144 e. The number of hydrogen-bond acceptors (Lipinski definition) is 4. The van der Waals surface area contributed by atoms with Crippen molar-refractivity contribution in [3.05, 3.63) is 78.1 Å². The maximum absolute atomic E-state index is 9.86. The fourth-order valence-electron chi connectivity index (χ4n) is 3.97. The molecule has 0 amide bonds. The number of likely N-dealkylation sites (tertiary alicyclic amines) is 1. The third-order valence-electron chi connectivity index (χ3n) is 5.62. The largest absolute Gasteiger partial charge is 0.494 e. The number of nitrogens with zero attached hydrogens (tertiary/aromatic N) is 4. The van der Waals surface area contributed by atoms with Gasteiger partial charge < -0.3 is 4.74 Å². The van der Waals surface area contributed by atoms with E-state index in [0.717, 1.165) is 55.0 Å². The Morgan fingerprint density at radius 2 is 1.79 bits per heavy atom.